The summed E-state index contributed by atoms with van der Waals surface area (Å²) in [5.74, 6) is -3.09. The van der Waals surface area contributed by atoms with Crippen molar-refractivity contribution in [2.45, 2.75) is 48.9 Å². The maximum atomic E-state index is 13.4. The van der Waals surface area contributed by atoms with Crippen LogP contribution in [0.4, 0.5) is 13.9 Å². The molecule has 3 rings (SSSR count). The molecule has 12 heteroatoms. The Balaban J connectivity index is 1.91. The molecular weight excluding hydrogens is 454 g/mol. The van der Waals surface area contributed by atoms with Crippen LogP contribution >= 0.6 is 23.1 Å². The summed E-state index contributed by atoms with van der Waals surface area (Å²) < 4.78 is 52.0. The SMILES string of the molecule is CCCS(=O)(=O)N1CCC[C@H]1C(=O)N(Cc1ccccc1)c1nnc(SC(F)F)s1. The zero-order valence-corrected chi connectivity index (χ0v) is 18.7. The van der Waals surface area contributed by atoms with Crippen LogP contribution in [0, 0.1) is 0 Å². The van der Waals surface area contributed by atoms with Gasteiger partial charge in [-0.2, -0.15) is 13.1 Å². The second-order valence-electron chi connectivity index (χ2n) is 6.72. The van der Waals surface area contributed by atoms with Crippen LogP contribution in [-0.4, -0.2) is 52.9 Å². The molecule has 0 unspecified atom stereocenters. The van der Waals surface area contributed by atoms with E-state index in [9.17, 15) is 22.0 Å². The summed E-state index contributed by atoms with van der Waals surface area (Å²) in [5.41, 5.74) is 0.810. The number of hydrogen-bond acceptors (Lipinski definition) is 7. The summed E-state index contributed by atoms with van der Waals surface area (Å²) in [7, 11) is -3.55. The van der Waals surface area contributed by atoms with Crippen molar-refractivity contribution < 1.29 is 22.0 Å². The number of aromatic nitrogens is 2. The van der Waals surface area contributed by atoms with E-state index in [1.165, 1.54) is 9.21 Å². The van der Waals surface area contributed by atoms with Crippen LogP contribution in [0.3, 0.4) is 0 Å². The zero-order valence-electron chi connectivity index (χ0n) is 16.3. The molecule has 30 heavy (non-hydrogen) atoms. The lowest BCUT2D eigenvalue weighted by Gasteiger charge is -2.28. The number of benzene rings is 1. The van der Waals surface area contributed by atoms with Crippen molar-refractivity contribution in [3.63, 3.8) is 0 Å². The molecular formula is C18H22F2N4O3S3. The van der Waals surface area contributed by atoms with E-state index in [0.717, 1.165) is 16.9 Å². The van der Waals surface area contributed by atoms with E-state index in [0.29, 0.717) is 25.8 Å². The van der Waals surface area contributed by atoms with Crippen LogP contribution in [0.15, 0.2) is 34.7 Å². The first-order valence-corrected chi connectivity index (χ1v) is 12.8. The Morgan fingerprint density at radius 3 is 2.73 bits per heavy atom. The summed E-state index contributed by atoms with van der Waals surface area (Å²) in [6, 6.07) is 8.31. The molecule has 1 fully saturated rings. The molecule has 0 radical (unpaired) electrons. The molecule has 1 aliphatic rings. The van der Waals surface area contributed by atoms with Gasteiger partial charge in [-0.15, -0.1) is 10.2 Å². The lowest BCUT2D eigenvalue weighted by Crippen LogP contribution is -2.48. The molecule has 0 spiro atoms. The Hall–Kier alpha value is -1.63. The quantitative estimate of drug-likeness (QED) is 0.406. The topological polar surface area (TPSA) is 83.5 Å². The Bertz CT molecular complexity index is 957. The van der Waals surface area contributed by atoms with E-state index in [2.05, 4.69) is 10.2 Å². The van der Waals surface area contributed by atoms with Gasteiger partial charge in [0, 0.05) is 6.54 Å². The number of carbonyl (C=O) groups is 1. The monoisotopic (exact) mass is 476 g/mol. The molecule has 1 aromatic carbocycles. The van der Waals surface area contributed by atoms with Crippen LogP contribution in [0.2, 0.25) is 0 Å². The van der Waals surface area contributed by atoms with Gasteiger partial charge < -0.3 is 0 Å². The predicted molar refractivity (Wildman–Crippen MR) is 113 cm³/mol. The lowest BCUT2D eigenvalue weighted by atomic mass is 10.1. The van der Waals surface area contributed by atoms with Crippen LogP contribution in [0.1, 0.15) is 31.7 Å². The first kappa shape index (κ1) is 23.0. The van der Waals surface area contributed by atoms with Gasteiger partial charge in [-0.25, -0.2) is 8.42 Å². The zero-order chi connectivity index (χ0) is 21.7. The average molecular weight is 477 g/mol. The molecule has 1 atom stereocenters. The minimum Gasteiger partial charge on any atom is -0.281 e. The molecule has 0 aliphatic carbocycles. The Morgan fingerprint density at radius 1 is 1.33 bits per heavy atom. The first-order valence-electron chi connectivity index (χ1n) is 9.45. The molecule has 0 bridgehead atoms. The Kier molecular flexibility index (Phi) is 7.77. The predicted octanol–water partition coefficient (Wildman–Crippen LogP) is 3.59. The number of thioether (sulfide) groups is 1. The van der Waals surface area contributed by atoms with E-state index >= 15 is 0 Å². The van der Waals surface area contributed by atoms with Crippen molar-refractivity contribution in [3.8, 4) is 0 Å². The van der Waals surface area contributed by atoms with Gasteiger partial charge in [0.05, 0.1) is 12.3 Å². The number of hydrogen-bond donors (Lipinski definition) is 0. The molecule has 1 aromatic heterocycles. The van der Waals surface area contributed by atoms with Crippen LogP contribution in [-0.2, 0) is 21.4 Å². The van der Waals surface area contributed by atoms with E-state index < -0.39 is 27.7 Å². The molecule has 1 amide bonds. The van der Waals surface area contributed by atoms with Crippen molar-refractivity contribution in [2.75, 3.05) is 17.2 Å². The molecule has 0 saturated carbocycles. The average Bonchev–Trinajstić information content (AvgIpc) is 3.36. The number of alkyl halides is 2. The smallest absolute Gasteiger partial charge is 0.281 e. The highest BCUT2D eigenvalue weighted by Gasteiger charge is 2.41. The van der Waals surface area contributed by atoms with Crippen LogP contribution < -0.4 is 4.90 Å². The summed E-state index contributed by atoms with van der Waals surface area (Å²) >= 11 is 1.16. The van der Waals surface area contributed by atoms with Crippen molar-refractivity contribution in [1.29, 1.82) is 0 Å². The number of carbonyl (C=O) groups excluding carboxylic acids is 1. The Labute approximate surface area is 182 Å². The number of rotatable bonds is 9. The van der Waals surface area contributed by atoms with Gasteiger partial charge in [-0.1, -0.05) is 48.6 Å². The Morgan fingerprint density at radius 2 is 2.07 bits per heavy atom. The minimum absolute atomic E-state index is 0.0244. The summed E-state index contributed by atoms with van der Waals surface area (Å²) in [5, 5.41) is 7.86. The third kappa shape index (κ3) is 5.54. The van der Waals surface area contributed by atoms with E-state index in [-0.39, 0.29) is 33.5 Å². The van der Waals surface area contributed by atoms with Crippen LogP contribution in [0.5, 0.6) is 0 Å². The third-order valence-corrected chi connectivity index (χ3v) is 8.39. The molecule has 164 valence electrons. The number of anilines is 1. The summed E-state index contributed by atoms with van der Waals surface area (Å²) in [4.78, 5) is 14.8. The molecule has 1 saturated heterocycles. The normalized spacial score (nSPS) is 17.5. The molecule has 7 nitrogen and oxygen atoms in total. The van der Waals surface area contributed by atoms with Gasteiger partial charge >= 0.3 is 0 Å². The maximum Gasteiger partial charge on any atom is 0.291 e. The fourth-order valence-electron chi connectivity index (χ4n) is 3.32. The van der Waals surface area contributed by atoms with E-state index in [1.807, 2.05) is 30.3 Å². The second-order valence-corrected chi connectivity index (χ2v) is 11.0. The van der Waals surface area contributed by atoms with Gasteiger partial charge in [-0.3, -0.25) is 9.69 Å². The fraction of sp³-hybridized carbons (Fsp3) is 0.500. The molecule has 0 N–H and O–H groups in total. The maximum absolute atomic E-state index is 13.4. The van der Waals surface area contributed by atoms with Crippen molar-refractivity contribution in [2.24, 2.45) is 0 Å². The van der Waals surface area contributed by atoms with E-state index in [1.54, 1.807) is 6.92 Å². The highest BCUT2D eigenvalue weighted by Crippen LogP contribution is 2.34. The molecule has 2 heterocycles. The lowest BCUT2D eigenvalue weighted by molar-refractivity contribution is -0.121. The van der Waals surface area contributed by atoms with Crippen LogP contribution in [0.25, 0.3) is 0 Å². The number of nitrogens with zero attached hydrogens (tertiary/aromatic N) is 4. The summed E-state index contributed by atoms with van der Waals surface area (Å²) in [6.07, 6.45) is 1.45. The van der Waals surface area contributed by atoms with Crippen molar-refractivity contribution in [1.82, 2.24) is 14.5 Å². The molecule has 2 aromatic rings. The number of amides is 1. The van der Waals surface area contributed by atoms with Gasteiger partial charge in [0.15, 0.2) is 4.34 Å². The third-order valence-electron chi connectivity index (χ3n) is 4.57. The summed E-state index contributed by atoms with van der Waals surface area (Å²) in [6.45, 7) is 2.21. The minimum atomic E-state index is -3.55. The van der Waals surface area contributed by atoms with Gasteiger partial charge in [0.2, 0.25) is 21.1 Å². The fourth-order valence-corrected chi connectivity index (χ4v) is 6.52. The van der Waals surface area contributed by atoms with Gasteiger partial charge in [0.1, 0.15) is 6.04 Å². The van der Waals surface area contributed by atoms with E-state index in [4.69, 9.17) is 0 Å². The number of halogens is 2. The van der Waals surface area contributed by atoms with Crippen molar-refractivity contribution >= 4 is 44.2 Å². The standard InChI is InChI=1S/C18H22F2N4O3S3/c1-2-11-30(26,27)24-10-6-9-14(24)15(25)23(12-13-7-4-3-5-8-13)17-21-22-18(29-17)28-16(19)20/h3-5,7-8,14,16H,2,6,9-12H2,1H3/t14-/m0/s1. The largest absolute Gasteiger partial charge is 0.291 e. The van der Waals surface area contributed by atoms with Crippen molar-refractivity contribution in [3.05, 3.63) is 35.9 Å². The molecule has 1 aliphatic heterocycles. The first-order chi connectivity index (χ1) is 14.3. The van der Waals surface area contributed by atoms with Gasteiger partial charge in [-0.05, 0) is 36.6 Å². The number of sulfonamides is 1. The second kappa shape index (κ2) is 10.1. The highest BCUT2D eigenvalue weighted by molar-refractivity contribution is 8.01. The highest BCUT2D eigenvalue weighted by atomic mass is 32.2. The van der Waals surface area contributed by atoms with Gasteiger partial charge in [0.25, 0.3) is 5.76 Å².